The van der Waals surface area contributed by atoms with E-state index in [2.05, 4.69) is 27.0 Å². The highest BCUT2D eigenvalue weighted by atomic mass is 32.2. The summed E-state index contributed by atoms with van der Waals surface area (Å²) in [5.74, 6) is 1.21. The first-order chi connectivity index (χ1) is 9.86. The molecule has 1 N–H and O–H groups in total. The van der Waals surface area contributed by atoms with E-state index in [-0.39, 0.29) is 0 Å². The summed E-state index contributed by atoms with van der Waals surface area (Å²) in [7, 11) is 0. The van der Waals surface area contributed by atoms with Gasteiger partial charge in [0, 0.05) is 24.3 Å². The molecular weight excluding hydrogens is 268 g/mol. The lowest BCUT2D eigenvalue weighted by molar-refractivity contribution is 0.524. The topological polar surface area (TPSA) is 42.7 Å². The fraction of sp³-hybridized carbons (Fsp3) is 0.867. The molecule has 20 heavy (non-hydrogen) atoms. The van der Waals surface area contributed by atoms with E-state index in [1.165, 1.54) is 55.9 Å². The van der Waals surface area contributed by atoms with Crippen LogP contribution >= 0.6 is 11.8 Å². The second kappa shape index (κ2) is 6.94. The van der Waals surface area contributed by atoms with Crippen molar-refractivity contribution in [3.8, 4) is 0 Å². The first-order valence-corrected chi connectivity index (χ1v) is 9.07. The van der Waals surface area contributed by atoms with Gasteiger partial charge in [-0.2, -0.15) is 0 Å². The number of hydrogen-bond donors (Lipinski definition) is 1. The molecule has 0 saturated heterocycles. The van der Waals surface area contributed by atoms with Crippen LogP contribution in [0, 0.1) is 0 Å². The summed E-state index contributed by atoms with van der Waals surface area (Å²) in [6.07, 6.45) is 10.1. The predicted octanol–water partition coefficient (Wildman–Crippen LogP) is 3.02. The fourth-order valence-electron chi connectivity index (χ4n) is 3.28. The summed E-state index contributed by atoms with van der Waals surface area (Å²) < 4.78 is 2.38. The molecule has 3 rings (SSSR count). The maximum Gasteiger partial charge on any atom is 0.191 e. The third kappa shape index (κ3) is 3.37. The first-order valence-electron chi connectivity index (χ1n) is 8.19. The molecule has 5 heteroatoms. The largest absolute Gasteiger partial charge is 0.314 e. The van der Waals surface area contributed by atoms with Gasteiger partial charge in [-0.15, -0.1) is 10.2 Å². The Bertz CT molecular complexity index is 432. The summed E-state index contributed by atoms with van der Waals surface area (Å²) >= 11 is 1.97. The Morgan fingerprint density at radius 1 is 1.25 bits per heavy atom. The lowest BCUT2D eigenvalue weighted by atomic mass is 10.2. The maximum absolute atomic E-state index is 4.45. The average Bonchev–Trinajstić information content (AvgIpc) is 2.98. The predicted molar refractivity (Wildman–Crippen MR) is 83.2 cm³/mol. The van der Waals surface area contributed by atoms with Crippen LogP contribution in [0.1, 0.15) is 57.7 Å². The molecule has 0 spiro atoms. The zero-order valence-electron chi connectivity index (χ0n) is 12.5. The lowest BCUT2D eigenvalue weighted by Crippen LogP contribution is -2.27. The highest BCUT2D eigenvalue weighted by Gasteiger charge is 2.27. The van der Waals surface area contributed by atoms with Crippen molar-refractivity contribution >= 4 is 11.8 Å². The van der Waals surface area contributed by atoms with Gasteiger partial charge >= 0.3 is 0 Å². The van der Waals surface area contributed by atoms with Crippen molar-refractivity contribution in [3.05, 3.63) is 5.82 Å². The summed E-state index contributed by atoms with van der Waals surface area (Å²) in [5.41, 5.74) is 0. The quantitative estimate of drug-likeness (QED) is 0.906. The lowest BCUT2D eigenvalue weighted by Gasteiger charge is -2.13. The monoisotopic (exact) mass is 294 g/mol. The number of nitrogens with zero attached hydrogens (tertiary/aromatic N) is 3. The number of hydrogen-bond acceptors (Lipinski definition) is 4. The molecule has 1 fully saturated rings. The molecule has 2 heterocycles. The van der Waals surface area contributed by atoms with Crippen molar-refractivity contribution < 1.29 is 0 Å². The van der Waals surface area contributed by atoms with Crippen LogP contribution in [-0.2, 0) is 13.0 Å². The second-order valence-corrected chi connectivity index (χ2v) is 7.33. The minimum atomic E-state index is 0.721. The number of aryl methyl sites for hydroxylation is 1. The Labute approximate surface area is 126 Å². The van der Waals surface area contributed by atoms with Crippen LogP contribution < -0.4 is 5.32 Å². The average molecular weight is 294 g/mol. The molecule has 1 aromatic rings. The highest BCUT2D eigenvalue weighted by molar-refractivity contribution is 7.99. The Hall–Kier alpha value is -0.550. The van der Waals surface area contributed by atoms with E-state index in [1.54, 1.807) is 0 Å². The third-order valence-corrected chi connectivity index (χ3v) is 5.69. The van der Waals surface area contributed by atoms with Gasteiger partial charge in [-0.05, 0) is 45.1 Å². The molecular formula is C15H26N4S. The van der Waals surface area contributed by atoms with Crippen molar-refractivity contribution in [2.45, 2.75) is 81.3 Å². The van der Waals surface area contributed by atoms with E-state index in [4.69, 9.17) is 0 Å². The Balaban J connectivity index is 1.57. The van der Waals surface area contributed by atoms with Crippen LogP contribution in [0.4, 0.5) is 0 Å². The van der Waals surface area contributed by atoms with Crippen molar-refractivity contribution in [1.82, 2.24) is 20.1 Å². The van der Waals surface area contributed by atoms with Crippen molar-refractivity contribution in [3.63, 3.8) is 0 Å². The normalized spacial score (nSPS) is 26.4. The molecule has 0 bridgehead atoms. The molecule has 1 saturated carbocycles. The van der Waals surface area contributed by atoms with E-state index in [1.807, 2.05) is 11.8 Å². The van der Waals surface area contributed by atoms with E-state index in [0.717, 1.165) is 30.8 Å². The van der Waals surface area contributed by atoms with Gasteiger partial charge in [0.2, 0.25) is 0 Å². The van der Waals surface area contributed by atoms with Crippen LogP contribution in [-0.4, -0.2) is 32.6 Å². The fourth-order valence-corrected chi connectivity index (χ4v) is 4.57. The highest BCUT2D eigenvalue weighted by Crippen LogP contribution is 2.35. The minimum Gasteiger partial charge on any atom is -0.314 e. The molecule has 2 unspecified atom stereocenters. The molecule has 0 amide bonds. The molecule has 0 radical (unpaired) electrons. The van der Waals surface area contributed by atoms with Gasteiger partial charge in [0.05, 0.1) is 0 Å². The summed E-state index contributed by atoms with van der Waals surface area (Å²) in [6, 6.07) is 0.721. The Morgan fingerprint density at radius 3 is 3.10 bits per heavy atom. The number of thioether (sulfide) groups is 1. The van der Waals surface area contributed by atoms with Gasteiger partial charge in [-0.25, -0.2) is 0 Å². The van der Waals surface area contributed by atoms with Crippen molar-refractivity contribution in [1.29, 1.82) is 0 Å². The van der Waals surface area contributed by atoms with Crippen LogP contribution in [0.15, 0.2) is 5.16 Å². The zero-order chi connectivity index (χ0) is 13.8. The van der Waals surface area contributed by atoms with Crippen molar-refractivity contribution in [2.24, 2.45) is 0 Å². The molecule has 2 atom stereocenters. The Kier molecular flexibility index (Phi) is 4.99. The maximum atomic E-state index is 4.45. The van der Waals surface area contributed by atoms with Crippen LogP contribution in [0.5, 0.6) is 0 Å². The number of rotatable bonds is 5. The molecule has 1 aliphatic carbocycles. The minimum absolute atomic E-state index is 0.721. The van der Waals surface area contributed by atoms with Gasteiger partial charge < -0.3 is 9.88 Å². The number of fused-ring (bicyclic) bond motifs is 1. The second-order valence-electron chi connectivity index (χ2n) is 6.07. The molecule has 1 aromatic heterocycles. The molecule has 1 aliphatic heterocycles. The van der Waals surface area contributed by atoms with E-state index >= 15 is 0 Å². The van der Waals surface area contributed by atoms with E-state index < -0.39 is 0 Å². The molecule has 4 nitrogen and oxygen atoms in total. The number of aromatic nitrogens is 3. The van der Waals surface area contributed by atoms with Crippen LogP contribution in [0.3, 0.4) is 0 Å². The zero-order valence-corrected chi connectivity index (χ0v) is 13.3. The molecule has 2 aliphatic rings. The van der Waals surface area contributed by atoms with E-state index in [9.17, 15) is 0 Å². The van der Waals surface area contributed by atoms with Crippen LogP contribution in [0.25, 0.3) is 0 Å². The van der Waals surface area contributed by atoms with Crippen LogP contribution in [0.2, 0.25) is 0 Å². The Morgan fingerprint density at radius 2 is 2.20 bits per heavy atom. The smallest absolute Gasteiger partial charge is 0.191 e. The van der Waals surface area contributed by atoms with Gasteiger partial charge in [-0.3, -0.25) is 0 Å². The summed E-state index contributed by atoms with van der Waals surface area (Å²) in [5, 5.41) is 14.4. The third-order valence-electron chi connectivity index (χ3n) is 4.42. The van der Waals surface area contributed by atoms with Gasteiger partial charge in [0.1, 0.15) is 5.82 Å². The number of nitrogens with one attached hydrogen (secondary N) is 1. The first kappa shape index (κ1) is 14.4. The van der Waals surface area contributed by atoms with Gasteiger partial charge in [-0.1, -0.05) is 25.1 Å². The van der Waals surface area contributed by atoms with Crippen molar-refractivity contribution in [2.75, 3.05) is 6.54 Å². The summed E-state index contributed by atoms with van der Waals surface area (Å²) in [4.78, 5) is 0. The standard InChI is InChI=1S/C15H26N4S/c1-2-9-16-12-7-8-13(11-12)20-15-18-17-14-6-4-3-5-10-19(14)15/h12-13,16H,2-11H2,1H3. The van der Waals surface area contributed by atoms with Gasteiger partial charge in [0.15, 0.2) is 5.16 Å². The molecule has 112 valence electrons. The molecule has 0 aromatic carbocycles. The SMILES string of the molecule is CCCNC1CCC(Sc2nnc3n2CCCCC3)C1. The van der Waals surface area contributed by atoms with Gasteiger partial charge in [0.25, 0.3) is 0 Å². The summed E-state index contributed by atoms with van der Waals surface area (Å²) in [6.45, 7) is 4.51. The van der Waals surface area contributed by atoms with E-state index in [0.29, 0.717) is 0 Å².